The molecule has 0 fully saturated rings. The van der Waals surface area contributed by atoms with Gasteiger partial charge in [0.2, 0.25) is 0 Å². The molecular weight excluding hydrogens is 493 g/mol. The summed E-state index contributed by atoms with van der Waals surface area (Å²) in [6.45, 7) is 2.62. The van der Waals surface area contributed by atoms with E-state index in [4.69, 9.17) is 32.7 Å². The molecule has 0 aliphatic carbocycles. The van der Waals surface area contributed by atoms with E-state index in [0.717, 1.165) is 6.42 Å². The average Bonchev–Trinajstić information content (AvgIpc) is 2.86. The number of hydrogen-bond donors (Lipinski definition) is 2. The minimum absolute atomic E-state index is 0.203. The summed E-state index contributed by atoms with van der Waals surface area (Å²) in [5.41, 5.74) is 3.31. The zero-order chi connectivity index (χ0) is 25.2. The number of halogens is 2. The Morgan fingerprint density at radius 2 is 1.60 bits per heavy atom. The fourth-order valence-electron chi connectivity index (χ4n) is 2.68. The number of carbonyl (C=O) groups is 3. The topological polar surface area (TPSA) is 106 Å². The average molecular weight is 514 g/mol. The zero-order valence-electron chi connectivity index (χ0n) is 18.6. The van der Waals surface area contributed by atoms with Crippen molar-refractivity contribution >= 4 is 52.9 Å². The molecule has 0 aliphatic rings. The monoisotopic (exact) mass is 513 g/mol. The van der Waals surface area contributed by atoms with Crippen molar-refractivity contribution in [3.63, 3.8) is 0 Å². The molecule has 0 heterocycles. The molecule has 0 spiro atoms. The molecular formula is C25H21Cl2N3O5. The van der Waals surface area contributed by atoms with Gasteiger partial charge in [0.15, 0.2) is 0 Å². The minimum atomic E-state index is -0.992. The molecule has 0 atom stereocenters. The third-order valence-electron chi connectivity index (χ3n) is 4.42. The van der Waals surface area contributed by atoms with Crippen molar-refractivity contribution in [3.8, 4) is 11.5 Å². The number of nitrogens with zero attached hydrogens (tertiary/aromatic N) is 1. The predicted molar refractivity (Wildman–Crippen MR) is 134 cm³/mol. The SMILES string of the molecule is CCCOc1ccc(C(=O)Oc2ccc(/C=N\NC(=O)C(=O)Nc3cc(Cl)ccc3Cl)cc2)cc1. The summed E-state index contributed by atoms with van der Waals surface area (Å²) in [5, 5.41) is 6.69. The van der Waals surface area contributed by atoms with Crippen LogP contribution in [0.3, 0.4) is 0 Å². The van der Waals surface area contributed by atoms with Gasteiger partial charge in [0.05, 0.1) is 29.1 Å². The summed E-state index contributed by atoms with van der Waals surface area (Å²) in [6.07, 6.45) is 2.23. The Morgan fingerprint density at radius 3 is 2.29 bits per heavy atom. The molecule has 0 radical (unpaired) electrons. The number of amides is 2. The highest BCUT2D eigenvalue weighted by atomic mass is 35.5. The van der Waals surface area contributed by atoms with Crippen LogP contribution < -0.4 is 20.2 Å². The molecule has 0 bridgehead atoms. The molecule has 2 amide bonds. The standard InChI is InChI=1S/C25H21Cl2N3O5/c1-2-13-34-19-10-5-17(6-11-19)25(33)35-20-8-3-16(4-9-20)15-28-30-24(32)23(31)29-22-14-18(26)7-12-21(22)27/h3-12,14-15H,2,13H2,1H3,(H,29,31)(H,30,32)/b28-15-. The Balaban J connectivity index is 1.50. The first kappa shape index (κ1) is 25.7. The van der Waals surface area contributed by atoms with Crippen molar-refractivity contribution in [2.24, 2.45) is 5.10 Å². The molecule has 3 rings (SSSR count). The van der Waals surface area contributed by atoms with E-state index >= 15 is 0 Å². The van der Waals surface area contributed by atoms with Crippen molar-refractivity contribution in [2.45, 2.75) is 13.3 Å². The van der Waals surface area contributed by atoms with Crippen LogP contribution in [0, 0.1) is 0 Å². The first-order valence-electron chi connectivity index (χ1n) is 10.5. The van der Waals surface area contributed by atoms with Gasteiger partial charge in [-0.15, -0.1) is 0 Å². The lowest BCUT2D eigenvalue weighted by Crippen LogP contribution is -2.32. The van der Waals surface area contributed by atoms with Gasteiger partial charge in [0.25, 0.3) is 0 Å². The van der Waals surface area contributed by atoms with Crippen molar-refractivity contribution in [1.82, 2.24) is 5.43 Å². The molecule has 8 nitrogen and oxygen atoms in total. The van der Waals surface area contributed by atoms with Gasteiger partial charge in [-0.3, -0.25) is 9.59 Å². The molecule has 2 N–H and O–H groups in total. The Labute approximate surface area is 211 Å². The van der Waals surface area contributed by atoms with Crippen molar-refractivity contribution in [2.75, 3.05) is 11.9 Å². The first-order chi connectivity index (χ1) is 16.9. The number of ether oxygens (including phenoxy) is 2. The first-order valence-corrected chi connectivity index (χ1v) is 11.3. The lowest BCUT2D eigenvalue weighted by Gasteiger charge is -2.07. The maximum Gasteiger partial charge on any atom is 0.343 e. The van der Waals surface area contributed by atoms with Gasteiger partial charge in [0.1, 0.15) is 11.5 Å². The molecule has 0 saturated carbocycles. The summed E-state index contributed by atoms with van der Waals surface area (Å²) >= 11 is 11.8. The third kappa shape index (κ3) is 7.84. The van der Waals surface area contributed by atoms with Crippen LogP contribution >= 0.6 is 23.2 Å². The van der Waals surface area contributed by atoms with E-state index in [1.807, 2.05) is 6.92 Å². The minimum Gasteiger partial charge on any atom is -0.494 e. The third-order valence-corrected chi connectivity index (χ3v) is 4.98. The van der Waals surface area contributed by atoms with Gasteiger partial charge in [-0.1, -0.05) is 30.1 Å². The summed E-state index contributed by atoms with van der Waals surface area (Å²) in [4.78, 5) is 36.2. The lowest BCUT2D eigenvalue weighted by atomic mass is 10.2. The maximum absolute atomic E-state index is 12.3. The number of benzene rings is 3. The number of nitrogens with one attached hydrogen (secondary N) is 2. The molecule has 180 valence electrons. The van der Waals surface area contributed by atoms with Crippen LogP contribution in [0.2, 0.25) is 10.0 Å². The fourth-order valence-corrected chi connectivity index (χ4v) is 3.02. The van der Waals surface area contributed by atoms with Crippen LogP contribution in [0.5, 0.6) is 11.5 Å². The Morgan fingerprint density at radius 1 is 0.914 bits per heavy atom. The second kappa shape index (κ2) is 12.5. The number of carbonyl (C=O) groups excluding carboxylic acids is 3. The zero-order valence-corrected chi connectivity index (χ0v) is 20.1. The highest BCUT2D eigenvalue weighted by Crippen LogP contribution is 2.25. The molecule has 0 aliphatic heterocycles. The van der Waals surface area contributed by atoms with Crippen LogP contribution in [0.25, 0.3) is 0 Å². The highest BCUT2D eigenvalue weighted by molar-refractivity contribution is 6.42. The molecule has 35 heavy (non-hydrogen) atoms. The number of anilines is 1. The van der Waals surface area contributed by atoms with Crippen molar-refractivity contribution in [3.05, 3.63) is 87.9 Å². The molecule has 0 unspecified atom stereocenters. The quantitative estimate of drug-likeness (QED) is 0.143. The van der Waals surface area contributed by atoms with E-state index in [0.29, 0.717) is 34.3 Å². The van der Waals surface area contributed by atoms with Gasteiger partial charge >= 0.3 is 17.8 Å². The van der Waals surface area contributed by atoms with Crippen LogP contribution in [0.15, 0.2) is 71.8 Å². The number of hydrogen-bond acceptors (Lipinski definition) is 6. The molecule has 0 aromatic heterocycles. The van der Waals surface area contributed by atoms with Crippen LogP contribution in [0.1, 0.15) is 29.3 Å². The van der Waals surface area contributed by atoms with E-state index in [1.165, 1.54) is 18.3 Å². The Kier molecular flexibility index (Phi) is 9.23. The smallest absolute Gasteiger partial charge is 0.343 e. The molecule has 3 aromatic carbocycles. The summed E-state index contributed by atoms with van der Waals surface area (Å²) in [7, 11) is 0. The van der Waals surface area contributed by atoms with Gasteiger partial charge in [-0.05, 0) is 78.7 Å². The normalized spacial score (nSPS) is 10.6. The second-order valence-electron chi connectivity index (χ2n) is 7.11. The van der Waals surface area contributed by atoms with E-state index < -0.39 is 17.8 Å². The van der Waals surface area contributed by atoms with E-state index in [-0.39, 0.29) is 10.7 Å². The summed E-state index contributed by atoms with van der Waals surface area (Å²) < 4.78 is 10.9. The van der Waals surface area contributed by atoms with Crippen LogP contribution in [-0.2, 0) is 9.59 Å². The Bertz CT molecular complexity index is 1230. The van der Waals surface area contributed by atoms with E-state index in [2.05, 4.69) is 15.8 Å². The largest absolute Gasteiger partial charge is 0.494 e. The van der Waals surface area contributed by atoms with E-state index in [9.17, 15) is 14.4 Å². The fraction of sp³-hybridized carbons (Fsp3) is 0.120. The number of rotatable bonds is 8. The van der Waals surface area contributed by atoms with Gasteiger partial charge in [-0.25, -0.2) is 10.2 Å². The highest BCUT2D eigenvalue weighted by Gasteiger charge is 2.15. The number of hydrazone groups is 1. The Hall–Kier alpha value is -3.88. The van der Waals surface area contributed by atoms with E-state index in [1.54, 1.807) is 54.6 Å². The molecule has 3 aromatic rings. The van der Waals surface area contributed by atoms with Gasteiger partial charge in [0, 0.05) is 5.02 Å². The van der Waals surface area contributed by atoms with Crippen LogP contribution in [-0.4, -0.2) is 30.6 Å². The summed E-state index contributed by atoms with van der Waals surface area (Å²) in [5.74, 6) is -1.44. The second-order valence-corrected chi connectivity index (χ2v) is 7.95. The maximum atomic E-state index is 12.3. The van der Waals surface area contributed by atoms with Crippen LogP contribution in [0.4, 0.5) is 5.69 Å². The number of esters is 1. The molecule has 0 saturated heterocycles. The van der Waals surface area contributed by atoms with Gasteiger partial charge < -0.3 is 14.8 Å². The summed E-state index contributed by atoms with van der Waals surface area (Å²) in [6, 6.07) is 17.6. The predicted octanol–water partition coefficient (Wildman–Crippen LogP) is 5.09. The lowest BCUT2D eigenvalue weighted by molar-refractivity contribution is -0.136. The van der Waals surface area contributed by atoms with Gasteiger partial charge in [-0.2, -0.15) is 5.10 Å². The van der Waals surface area contributed by atoms with Crippen molar-refractivity contribution < 1.29 is 23.9 Å². The molecule has 10 heteroatoms. The van der Waals surface area contributed by atoms with Crippen molar-refractivity contribution in [1.29, 1.82) is 0 Å².